The largest absolute Gasteiger partial charge is 0.465 e. The first-order valence-electron chi connectivity index (χ1n) is 8.93. The molecule has 0 saturated carbocycles. The second-order valence-corrected chi connectivity index (χ2v) is 7.09. The van der Waals surface area contributed by atoms with Crippen LogP contribution in [0.2, 0.25) is 0 Å². The molecule has 0 aliphatic carbocycles. The zero-order valence-electron chi connectivity index (χ0n) is 14.5. The number of hydrogen-bond donors (Lipinski definition) is 0. The van der Waals surface area contributed by atoms with E-state index in [1.165, 1.54) is 12.1 Å². The predicted octanol–water partition coefficient (Wildman–Crippen LogP) is 3.15. The Morgan fingerprint density at radius 2 is 2.04 bits per heavy atom. The van der Waals surface area contributed by atoms with Crippen LogP contribution in [0.1, 0.15) is 29.9 Å². The molecule has 132 valence electrons. The molecule has 2 aliphatic rings. The average molecular weight is 342 g/mol. The topological polar surface area (TPSA) is 36.7 Å². The van der Waals surface area contributed by atoms with E-state index in [4.69, 9.17) is 4.42 Å². The van der Waals surface area contributed by atoms with Crippen LogP contribution < -0.4 is 0 Å². The number of nitrogens with zero attached hydrogens (tertiary/aromatic N) is 2. The molecule has 0 bridgehead atoms. The minimum atomic E-state index is -0.287. The number of hydrogen-bond acceptors (Lipinski definition) is 3. The molecular weight excluding hydrogens is 319 g/mol. The molecule has 0 N–H and O–H groups in total. The molecule has 2 fully saturated rings. The summed E-state index contributed by atoms with van der Waals surface area (Å²) in [6.07, 6.45) is 2.27. The number of amides is 1. The van der Waals surface area contributed by atoms with Gasteiger partial charge in [-0.1, -0.05) is 12.1 Å². The first-order chi connectivity index (χ1) is 12.1. The minimum absolute atomic E-state index is 0.105. The van der Waals surface area contributed by atoms with E-state index < -0.39 is 0 Å². The summed E-state index contributed by atoms with van der Waals surface area (Å²) in [6.45, 7) is 4.54. The van der Waals surface area contributed by atoms with Gasteiger partial charge in [0.05, 0.1) is 13.0 Å². The number of halogens is 1. The van der Waals surface area contributed by atoms with Crippen LogP contribution in [0.4, 0.5) is 4.39 Å². The Bertz CT molecular complexity index is 773. The Balaban J connectivity index is 1.40. The van der Waals surface area contributed by atoms with Crippen molar-refractivity contribution in [1.29, 1.82) is 0 Å². The molecule has 0 radical (unpaired) electrons. The van der Waals surface area contributed by atoms with E-state index in [0.29, 0.717) is 6.04 Å². The molecule has 1 aromatic heterocycles. The molecular formula is C20H23FN2O2. The quantitative estimate of drug-likeness (QED) is 0.856. The van der Waals surface area contributed by atoms with Crippen molar-refractivity contribution in [3.8, 4) is 0 Å². The maximum absolute atomic E-state index is 13.3. The van der Waals surface area contributed by atoms with Crippen LogP contribution in [0.25, 0.3) is 0 Å². The molecule has 0 unspecified atom stereocenters. The molecule has 5 heteroatoms. The molecule has 3 heterocycles. The number of benzene rings is 1. The standard InChI is InChI=1S/C20H23FN2O2/c1-14-5-6-17(25-14)13-22-9-7-19-18(22)8-10-23(19)20(24)12-15-3-2-4-16(21)11-15/h2-6,11,18-19H,7-10,12-13H2,1H3/t18-,19+/m0/s1. The molecule has 2 aromatic rings. The summed E-state index contributed by atoms with van der Waals surface area (Å²) in [5.41, 5.74) is 0.745. The first kappa shape index (κ1) is 16.3. The van der Waals surface area contributed by atoms with Gasteiger partial charge >= 0.3 is 0 Å². The van der Waals surface area contributed by atoms with E-state index in [0.717, 1.165) is 49.6 Å². The third-order valence-corrected chi connectivity index (χ3v) is 5.41. The normalized spacial score (nSPS) is 23.2. The van der Waals surface area contributed by atoms with Crippen molar-refractivity contribution in [1.82, 2.24) is 9.80 Å². The molecule has 2 atom stereocenters. The van der Waals surface area contributed by atoms with Crippen molar-refractivity contribution in [2.75, 3.05) is 13.1 Å². The third kappa shape index (κ3) is 3.33. The summed E-state index contributed by atoms with van der Waals surface area (Å²) in [5.74, 6) is 1.74. The molecule has 2 saturated heterocycles. The fourth-order valence-corrected chi connectivity index (χ4v) is 4.27. The molecule has 4 nitrogen and oxygen atoms in total. The summed E-state index contributed by atoms with van der Waals surface area (Å²) in [6, 6.07) is 11.0. The number of aryl methyl sites for hydroxylation is 1. The summed E-state index contributed by atoms with van der Waals surface area (Å²) >= 11 is 0. The monoisotopic (exact) mass is 342 g/mol. The van der Waals surface area contributed by atoms with Crippen molar-refractivity contribution in [3.63, 3.8) is 0 Å². The highest BCUT2D eigenvalue weighted by Crippen LogP contribution is 2.33. The Hall–Kier alpha value is -2.14. The minimum Gasteiger partial charge on any atom is -0.465 e. The van der Waals surface area contributed by atoms with Crippen LogP contribution >= 0.6 is 0 Å². The van der Waals surface area contributed by atoms with Gasteiger partial charge in [0.2, 0.25) is 5.91 Å². The van der Waals surface area contributed by atoms with Gasteiger partial charge < -0.3 is 9.32 Å². The lowest BCUT2D eigenvalue weighted by Crippen LogP contribution is -2.40. The number of furan rings is 1. The van der Waals surface area contributed by atoms with Gasteiger partial charge in [-0.3, -0.25) is 9.69 Å². The van der Waals surface area contributed by atoms with Gasteiger partial charge in [-0.25, -0.2) is 4.39 Å². The SMILES string of the molecule is Cc1ccc(CN2CC[C@@H]3[C@@H]2CCN3C(=O)Cc2cccc(F)c2)o1. The average Bonchev–Trinajstić information content (AvgIpc) is 3.25. The van der Waals surface area contributed by atoms with Gasteiger partial charge in [0, 0.05) is 25.2 Å². The van der Waals surface area contributed by atoms with Gasteiger partial charge in [-0.05, 0) is 49.6 Å². The van der Waals surface area contributed by atoms with E-state index in [2.05, 4.69) is 4.90 Å². The number of carbonyl (C=O) groups excluding carboxylic acids is 1. The molecule has 4 rings (SSSR count). The van der Waals surface area contributed by atoms with E-state index in [-0.39, 0.29) is 24.2 Å². The number of likely N-dealkylation sites (tertiary alicyclic amines) is 2. The lowest BCUT2D eigenvalue weighted by atomic mass is 10.1. The number of rotatable bonds is 4. The molecule has 0 spiro atoms. The highest BCUT2D eigenvalue weighted by Gasteiger charge is 2.44. The van der Waals surface area contributed by atoms with Gasteiger partial charge in [-0.15, -0.1) is 0 Å². The van der Waals surface area contributed by atoms with E-state index in [1.54, 1.807) is 6.07 Å². The lowest BCUT2D eigenvalue weighted by Gasteiger charge is -2.25. The van der Waals surface area contributed by atoms with Crippen LogP contribution in [0.15, 0.2) is 40.8 Å². The maximum atomic E-state index is 13.3. The van der Waals surface area contributed by atoms with Gasteiger partial charge in [0.15, 0.2) is 0 Å². The Labute approximate surface area is 147 Å². The van der Waals surface area contributed by atoms with E-state index >= 15 is 0 Å². The van der Waals surface area contributed by atoms with Crippen LogP contribution in [-0.2, 0) is 17.8 Å². The highest BCUT2D eigenvalue weighted by atomic mass is 19.1. The highest BCUT2D eigenvalue weighted by molar-refractivity contribution is 5.79. The number of fused-ring (bicyclic) bond motifs is 1. The summed E-state index contributed by atoms with van der Waals surface area (Å²) in [7, 11) is 0. The van der Waals surface area contributed by atoms with E-state index in [9.17, 15) is 9.18 Å². The maximum Gasteiger partial charge on any atom is 0.227 e. The van der Waals surface area contributed by atoms with E-state index in [1.807, 2.05) is 30.0 Å². The van der Waals surface area contributed by atoms with Crippen molar-refractivity contribution in [3.05, 3.63) is 59.3 Å². The Kier molecular flexibility index (Phi) is 4.34. The fourth-order valence-electron chi connectivity index (χ4n) is 4.27. The lowest BCUT2D eigenvalue weighted by molar-refractivity contribution is -0.131. The summed E-state index contributed by atoms with van der Waals surface area (Å²) in [4.78, 5) is 17.1. The second-order valence-electron chi connectivity index (χ2n) is 7.09. The van der Waals surface area contributed by atoms with Crippen LogP contribution in [0.3, 0.4) is 0 Å². The molecule has 25 heavy (non-hydrogen) atoms. The third-order valence-electron chi connectivity index (χ3n) is 5.41. The first-order valence-corrected chi connectivity index (χ1v) is 8.93. The Morgan fingerprint density at radius 1 is 1.20 bits per heavy atom. The summed E-state index contributed by atoms with van der Waals surface area (Å²) < 4.78 is 19.0. The van der Waals surface area contributed by atoms with Gasteiger partial charge in [0.25, 0.3) is 0 Å². The van der Waals surface area contributed by atoms with Crippen LogP contribution in [0.5, 0.6) is 0 Å². The fraction of sp³-hybridized carbons (Fsp3) is 0.450. The smallest absolute Gasteiger partial charge is 0.227 e. The second kappa shape index (κ2) is 6.64. The van der Waals surface area contributed by atoms with Crippen molar-refractivity contribution in [2.24, 2.45) is 0 Å². The number of carbonyl (C=O) groups is 1. The zero-order chi connectivity index (χ0) is 17.4. The molecule has 2 aliphatic heterocycles. The van der Waals surface area contributed by atoms with Crippen molar-refractivity contribution in [2.45, 2.75) is 44.8 Å². The Morgan fingerprint density at radius 3 is 2.80 bits per heavy atom. The zero-order valence-corrected chi connectivity index (χ0v) is 14.5. The van der Waals surface area contributed by atoms with Gasteiger partial charge in [0.1, 0.15) is 17.3 Å². The molecule has 1 amide bonds. The van der Waals surface area contributed by atoms with Gasteiger partial charge in [-0.2, -0.15) is 0 Å². The predicted molar refractivity (Wildman–Crippen MR) is 92.5 cm³/mol. The van der Waals surface area contributed by atoms with Crippen molar-refractivity contribution < 1.29 is 13.6 Å². The van der Waals surface area contributed by atoms with Crippen LogP contribution in [0, 0.1) is 12.7 Å². The summed E-state index contributed by atoms with van der Waals surface area (Å²) in [5, 5.41) is 0. The molecule has 1 aromatic carbocycles. The van der Waals surface area contributed by atoms with Crippen LogP contribution in [-0.4, -0.2) is 40.9 Å². The van der Waals surface area contributed by atoms with Crippen molar-refractivity contribution >= 4 is 5.91 Å².